The number of alkyl halides is 1. The van der Waals surface area contributed by atoms with Gasteiger partial charge in [-0.25, -0.2) is 0 Å². The average molecular weight is 207 g/mol. The van der Waals surface area contributed by atoms with Gasteiger partial charge in [0.2, 0.25) is 0 Å². The summed E-state index contributed by atoms with van der Waals surface area (Å²) in [5.41, 5.74) is 1.03. The third kappa shape index (κ3) is 2.65. The molecule has 0 bridgehead atoms. The van der Waals surface area contributed by atoms with E-state index in [9.17, 15) is 4.39 Å². The van der Waals surface area contributed by atoms with E-state index in [-0.39, 0.29) is 6.67 Å². The van der Waals surface area contributed by atoms with Crippen molar-refractivity contribution in [2.75, 3.05) is 6.67 Å². The lowest BCUT2D eigenvalue weighted by atomic mass is 10.1. The van der Waals surface area contributed by atoms with E-state index >= 15 is 0 Å². The summed E-state index contributed by atoms with van der Waals surface area (Å²) in [4.78, 5) is 0. The molecule has 0 nitrogen and oxygen atoms in total. The third-order valence-electron chi connectivity index (χ3n) is 1.58. The number of aryl methyl sites for hydroxylation is 1. The third-order valence-corrected chi connectivity index (χ3v) is 2.32. The SMILES string of the molecule is FCCCc1ccc(Cl)c(Cl)c1. The normalized spacial score (nSPS) is 10.2. The molecular weight excluding hydrogens is 198 g/mol. The molecule has 3 heteroatoms. The topological polar surface area (TPSA) is 0 Å². The van der Waals surface area contributed by atoms with Crippen molar-refractivity contribution in [2.24, 2.45) is 0 Å². The molecule has 0 aromatic heterocycles. The molecule has 0 N–H and O–H groups in total. The van der Waals surface area contributed by atoms with Crippen LogP contribution in [-0.2, 0) is 6.42 Å². The summed E-state index contributed by atoms with van der Waals surface area (Å²) in [6, 6.07) is 5.38. The first-order valence-corrected chi connectivity index (χ1v) is 4.49. The van der Waals surface area contributed by atoms with Gasteiger partial charge < -0.3 is 0 Å². The van der Waals surface area contributed by atoms with Crippen LogP contribution in [0.1, 0.15) is 12.0 Å². The fourth-order valence-electron chi connectivity index (χ4n) is 0.966. The van der Waals surface area contributed by atoms with Crippen LogP contribution < -0.4 is 0 Å². The van der Waals surface area contributed by atoms with E-state index in [4.69, 9.17) is 23.2 Å². The molecule has 0 spiro atoms. The molecule has 0 fully saturated rings. The molecule has 0 aliphatic rings. The lowest BCUT2D eigenvalue weighted by molar-refractivity contribution is 0.473. The van der Waals surface area contributed by atoms with Crippen LogP contribution in [0.15, 0.2) is 18.2 Å². The highest BCUT2D eigenvalue weighted by molar-refractivity contribution is 6.41. The van der Waals surface area contributed by atoms with Gasteiger partial charge in [0, 0.05) is 0 Å². The van der Waals surface area contributed by atoms with Crippen LogP contribution >= 0.6 is 23.2 Å². The summed E-state index contributed by atoms with van der Waals surface area (Å²) >= 11 is 11.5. The number of rotatable bonds is 3. The quantitative estimate of drug-likeness (QED) is 0.705. The van der Waals surface area contributed by atoms with Gasteiger partial charge in [-0.05, 0) is 30.5 Å². The van der Waals surface area contributed by atoms with Gasteiger partial charge in [-0.1, -0.05) is 29.3 Å². The van der Waals surface area contributed by atoms with Gasteiger partial charge in [0.1, 0.15) is 0 Å². The van der Waals surface area contributed by atoms with Crippen molar-refractivity contribution < 1.29 is 4.39 Å². The van der Waals surface area contributed by atoms with Crippen LogP contribution in [0.5, 0.6) is 0 Å². The number of hydrogen-bond acceptors (Lipinski definition) is 0. The number of hydrogen-bond donors (Lipinski definition) is 0. The maximum atomic E-state index is 11.8. The van der Waals surface area contributed by atoms with Crippen LogP contribution in [0.2, 0.25) is 10.0 Å². The molecule has 0 atom stereocenters. The van der Waals surface area contributed by atoms with Gasteiger partial charge in [0.15, 0.2) is 0 Å². The maximum Gasteiger partial charge on any atom is 0.0897 e. The lowest BCUT2D eigenvalue weighted by Gasteiger charge is -2.00. The second-order valence-electron chi connectivity index (χ2n) is 2.54. The summed E-state index contributed by atoms with van der Waals surface area (Å²) in [5, 5.41) is 1.08. The number of halogens is 3. The predicted molar refractivity (Wildman–Crippen MR) is 50.8 cm³/mol. The Morgan fingerprint density at radius 3 is 2.50 bits per heavy atom. The smallest absolute Gasteiger partial charge is 0.0897 e. The second-order valence-corrected chi connectivity index (χ2v) is 3.36. The van der Waals surface area contributed by atoms with Crippen molar-refractivity contribution in [3.63, 3.8) is 0 Å². The first-order valence-electron chi connectivity index (χ1n) is 3.74. The highest BCUT2D eigenvalue weighted by atomic mass is 35.5. The van der Waals surface area contributed by atoms with E-state index in [1.54, 1.807) is 12.1 Å². The van der Waals surface area contributed by atoms with Crippen molar-refractivity contribution in [1.29, 1.82) is 0 Å². The van der Waals surface area contributed by atoms with Crippen molar-refractivity contribution >= 4 is 23.2 Å². The Morgan fingerprint density at radius 1 is 1.17 bits per heavy atom. The molecule has 0 aliphatic carbocycles. The highest BCUT2D eigenvalue weighted by Crippen LogP contribution is 2.22. The standard InChI is InChI=1S/C9H9Cl2F/c10-8-4-3-7(2-1-5-12)6-9(8)11/h3-4,6H,1-2,5H2. The minimum atomic E-state index is -0.291. The zero-order valence-corrected chi connectivity index (χ0v) is 8.00. The molecule has 0 heterocycles. The summed E-state index contributed by atoms with van der Waals surface area (Å²) < 4.78 is 11.8. The van der Waals surface area contributed by atoms with Crippen molar-refractivity contribution in [2.45, 2.75) is 12.8 Å². The molecule has 0 saturated heterocycles. The molecule has 0 aliphatic heterocycles. The molecule has 1 aromatic rings. The maximum absolute atomic E-state index is 11.8. The highest BCUT2D eigenvalue weighted by Gasteiger charge is 1.98. The van der Waals surface area contributed by atoms with Gasteiger partial charge in [-0.2, -0.15) is 0 Å². The first-order chi connectivity index (χ1) is 5.74. The fourth-order valence-corrected chi connectivity index (χ4v) is 1.29. The van der Waals surface area contributed by atoms with Gasteiger partial charge in [-0.15, -0.1) is 0 Å². The van der Waals surface area contributed by atoms with Crippen molar-refractivity contribution in [3.8, 4) is 0 Å². The molecule has 0 amide bonds. The van der Waals surface area contributed by atoms with Crippen LogP contribution in [-0.4, -0.2) is 6.67 Å². The molecule has 0 radical (unpaired) electrons. The predicted octanol–water partition coefficient (Wildman–Crippen LogP) is 3.90. The zero-order chi connectivity index (χ0) is 8.97. The summed E-state index contributed by atoms with van der Waals surface area (Å²) in [7, 11) is 0. The molecular formula is C9H9Cl2F. The minimum Gasteiger partial charge on any atom is -0.251 e. The van der Waals surface area contributed by atoms with E-state index < -0.39 is 0 Å². The van der Waals surface area contributed by atoms with Gasteiger partial charge >= 0.3 is 0 Å². The Morgan fingerprint density at radius 2 is 1.92 bits per heavy atom. The Labute approximate surface area is 81.3 Å². The zero-order valence-electron chi connectivity index (χ0n) is 6.49. The van der Waals surface area contributed by atoms with Crippen LogP contribution in [0.25, 0.3) is 0 Å². The monoisotopic (exact) mass is 206 g/mol. The Balaban J connectivity index is 2.69. The van der Waals surface area contributed by atoms with E-state index in [0.29, 0.717) is 22.9 Å². The largest absolute Gasteiger partial charge is 0.251 e. The average Bonchev–Trinajstić information content (AvgIpc) is 2.07. The van der Waals surface area contributed by atoms with E-state index in [0.717, 1.165) is 5.56 Å². The van der Waals surface area contributed by atoms with Crippen molar-refractivity contribution in [1.82, 2.24) is 0 Å². The molecule has 1 aromatic carbocycles. The summed E-state index contributed by atoms with van der Waals surface area (Å²) in [6.45, 7) is -0.291. The van der Waals surface area contributed by atoms with Gasteiger partial charge in [0.25, 0.3) is 0 Å². The lowest BCUT2D eigenvalue weighted by Crippen LogP contribution is -1.86. The Kier molecular flexibility index (Phi) is 3.83. The molecule has 66 valence electrons. The van der Waals surface area contributed by atoms with Crippen LogP contribution in [0.3, 0.4) is 0 Å². The van der Waals surface area contributed by atoms with Crippen LogP contribution in [0, 0.1) is 0 Å². The minimum absolute atomic E-state index is 0.291. The summed E-state index contributed by atoms with van der Waals surface area (Å²) in [5.74, 6) is 0. The van der Waals surface area contributed by atoms with Crippen molar-refractivity contribution in [3.05, 3.63) is 33.8 Å². The van der Waals surface area contributed by atoms with Crippen LogP contribution in [0.4, 0.5) is 4.39 Å². The molecule has 0 unspecified atom stereocenters. The Bertz CT molecular complexity index is 261. The number of benzene rings is 1. The molecule has 0 saturated carbocycles. The Hall–Kier alpha value is -0.270. The molecule has 1 rings (SSSR count). The van der Waals surface area contributed by atoms with E-state index in [1.807, 2.05) is 6.07 Å². The van der Waals surface area contributed by atoms with E-state index in [2.05, 4.69) is 0 Å². The second kappa shape index (κ2) is 4.68. The van der Waals surface area contributed by atoms with E-state index in [1.165, 1.54) is 0 Å². The molecule has 12 heavy (non-hydrogen) atoms. The first kappa shape index (κ1) is 9.82. The fraction of sp³-hybridized carbons (Fsp3) is 0.333. The van der Waals surface area contributed by atoms with Gasteiger partial charge in [0.05, 0.1) is 16.7 Å². The summed E-state index contributed by atoms with van der Waals surface area (Å²) in [6.07, 6.45) is 1.26. The van der Waals surface area contributed by atoms with Gasteiger partial charge in [-0.3, -0.25) is 4.39 Å².